The van der Waals surface area contributed by atoms with E-state index in [9.17, 15) is 4.79 Å². The molecule has 24 heavy (non-hydrogen) atoms. The predicted octanol–water partition coefficient (Wildman–Crippen LogP) is 4.35. The molecule has 3 aromatic carbocycles. The van der Waals surface area contributed by atoms with Gasteiger partial charge in [-0.3, -0.25) is 4.79 Å². The first-order chi connectivity index (χ1) is 11.7. The zero-order chi connectivity index (χ0) is 17.1. The molecule has 0 radical (unpaired) electrons. The van der Waals surface area contributed by atoms with Crippen LogP contribution in [0.2, 0.25) is 0 Å². The molecule has 0 aliphatic rings. The number of carbonyl (C=O) groups excluding carboxylic acids is 1. The van der Waals surface area contributed by atoms with Crippen molar-refractivity contribution in [3.63, 3.8) is 0 Å². The first-order valence-electron chi connectivity index (χ1n) is 7.50. The molecule has 0 atom stereocenters. The lowest BCUT2D eigenvalue weighted by Gasteiger charge is -2.16. The van der Waals surface area contributed by atoms with Gasteiger partial charge in [-0.15, -0.1) is 0 Å². The largest absolute Gasteiger partial charge is 0.493 e. The van der Waals surface area contributed by atoms with Crippen molar-refractivity contribution >= 4 is 17.1 Å². The van der Waals surface area contributed by atoms with Crippen LogP contribution in [0.1, 0.15) is 10.4 Å². The van der Waals surface area contributed by atoms with Crippen molar-refractivity contribution in [3.8, 4) is 28.4 Å². The molecule has 0 N–H and O–H groups in total. The van der Waals surface area contributed by atoms with Gasteiger partial charge in [0, 0.05) is 11.1 Å². The number of fused-ring (bicyclic) bond motifs is 1. The average molecular weight is 322 g/mol. The van der Waals surface area contributed by atoms with Gasteiger partial charge in [0.1, 0.15) is 0 Å². The van der Waals surface area contributed by atoms with Crippen LogP contribution in [-0.2, 0) is 0 Å². The van der Waals surface area contributed by atoms with Crippen LogP contribution >= 0.6 is 0 Å². The predicted molar refractivity (Wildman–Crippen MR) is 94.4 cm³/mol. The maximum absolute atomic E-state index is 11.6. The van der Waals surface area contributed by atoms with Crippen LogP contribution in [0.3, 0.4) is 0 Å². The smallest absolute Gasteiger partial charge is 0.203 e. The molecule has 0 aromatic heterocycles. The van der Waals surface area contributed by atoms with E-state index >= 15 is 0 Å². The SMILES string of the molecule is COc1cc(-c2c(C=O)ccc3ccccc23)cc(OC)c1OC. The number of hydrogen-bond donors (Lipinski definition) is 0. The summed E-state index contributed by atoms with van der Waals surface area (Å²) in [7, 11) is 4.71. The Morgan fingerprint density at radius 3 is 2.08 bits per heavy atom. The van der Waals surface area contributed by atoms with E-state index in [2.05, 4.69) is 0 Å². The zero-order valence-corrected chi connectivity index (χ0v) is 13.8. The molecule has 0 bridgehead atoms. The van der Waals surface area contributed by atoms with Gasteiger partial charge in [-0.05, 0) is 28.5 Å². The van der Waals surface area contributed by atoms with E-state index in [-0.39, 0.29) is 0 Å². The Morgan fingerprint density at radius 1 is 0.833 bits per heavy atom. The summed E-state index contributed by atoms with van der Waals surface area (Å²) in [5.41, 5.74) is 2.30. The van der Waals surface area contributed by atoms with Crippen molar-refractivity contribution in [3.05, 3.63) is 54.1 Å². The monoisotopic (exact) mass is 322 g/mol. The number of benzene rings is 3. The summed E-state index contributed by atoms with van der Waals surface area (Å²) in [6, 6.07) is 15.4. The summed E-state index contributed by atoms with van der Waals surface area (Å²) in [6.07, 6.45) is 0.866. The van der Waals surface area contributed by atoms with Gasteiger partial charge in [-0.25, -0.2) is 0 Å². The molecule has 0 spiro atoms. The Hall–Kier alpha value is -3.01. The fourth-order valence-electron chi connectivity index (χ4n) is 2.93. The lowest BCUT2D eigenvalue weighted by molar-refractivity contribution is 0.112. The van der Waals surface area contributed by atoms with Gasteiger partial charge in [-0.1, -0.05) is 36.4 Å². The Bertz CT molecular complexity index is 874. The second kappa shape index (κ2) is 6.62. The van der Waals surface area contributed by atoms with E-state index in [1.165, 1.54) is 0 Å². The maximum atomic E-state index is 11.6. The highest BCUT2D eigenvalue weighted by Gasteiger charge is 2.17. The van der Waals surface area contributed by atoms with Crippen LogP contribution in [0.25, 0.3) is 21.9 Å². The maximum Gasteiger partial charge on any atom is 0.203 e. The quantitative estimate of drug-likeness (QED) is 0.655. The van der Waals surface area contributed by atoms with Crippen molar-refractivity contribution in [2.24, 2.45) is 0 Å². The standard InChI is InChI=1S/C20H18O4/c1-22-17-10-15(11-18(23-2)20(17)24-3)19-14(12-21)9-8-13-6-4-5-7-16(13)19/h4-12H,1-3H3. The molecule has 3 rings (SSSR count). The second-order valence-electron chi connectivity index (χ2n) is 5.28. The van der Waals surface area contributed by atoms with Crippen molar-refractivity contribution in [2.75, 3.05) is 21.3 Å². The van der Waals surface area contributed by atoms with E-state index in [1.807, 2.05) is 48.5 Å². The van der Waals surface area contributed by atoms with E-state index in [0.29, 0.717) is 22.8 Å². The third kappa shape index (κ3) is 2.56. The summed E-state index contributed by atoms with van der Waals surface area (Å²) in [4.78, 5) is 11.6. The van der Waals surface area contributed by atoms with E-state index < -0.39 is 0 Å². The fraction of sp³-hybridized carbons (Fsp3) is 0.150. The van der Waals surface area contributed by atoms with Gasteiger partial charge in [0.15, 0.2) is 17.8 Å². The molecule has 4 heteroatoms. The van der Waals surface area contributed by atoms with E-state index in [4.69, 9.17) is 14.2 Å². The number of hydrogen-bond acceptors (Lipinski definition) is 4. The third-order valence-electron chi connectivity index (χ3n) is 4.04. The highest BCUT2D eigenvalue weighted by molar-refractivity contribution is 6.04. The first kappa shape index (κ1) is 15.9. The van der Waals surface area contributed by atoms with Crippen molar-refractivity contribution in [1.29, 1.82) is 0 Å². The summed E-state index contributed by atoms with van der Waals surface area (Å²) >= 11 is 0. The molecule has 0 saturated carbocycles. The van der Waals surface area contributed by atoms with Gasteiger partial charge >= 0.3 is 0 Å². The van der Waals surface area contributed by atoms with Crippen LogP contribution in [-0.4, -0.2) is 27.6 Å². The molecule has 0 saturated heterocycles. The van der Waals surface area contributed by atoms with Crippen LogP contribution in [0.5, 0.6) is 17.2 Å². The van der Waals surface area contributed by atoms with Crippen LogP contribution in [0, 0.1) is 0 Å². The van der Waals surface area contributed by atoms with Crippen molar-refractivity contribution in [2.45, 2.75) is 0 Å². The van der Waals surface area contributed by atoms with E-state index in [0.717, 1.165) is 28.2 Å². The van der Waals surface area contributed by atoms with Crippen LogP contribution in [0.4, 0.5) is 0 Å². The number of methoxy groups -OCH3 is 3. The molecule has 122 valence electrons. The number of carbonyl (C=O) groups is 1. The van der Waals surface area contributed by atoms with Crippen molar-refractivity contribution < 1.29 is 19.0 Å². The second-order valence-corrected chi connectivity index (χ2v) is 5.28. The fourth-order valence-corrected chi connectivity index (χ4v) is 2.93. The Kier molecular flexibility index (Phi) is 4.38. The number of aldehydes is 1. The van der Waals surface area contributed by atoms with Crippen LogP contribution < -0.4 is 14.2 Å². The molecule has 0 aliphatic heterocycles. The molecule has 0 heterocycles. The minimum atomic E-state index is 0.525. The number of ether oxygens (including phenoxy) is 3. The van der Waals surface area contributed by atoms with Crippen LogP contribution in [0.15, 0.2) is 48.5 Å². The molecule has 4 nitrogen and oxygen atoms in total. The van der Waals surface area contributed by atoms with Gasteiger partial charge < -0.3 is 14.2 Å². The molecule has 3 aromatic rings. The van der Waals surface area contributed by atoms with Gasteiger partial charge in [0.2, 0.25) is 5.75 Å². The summed E-state index contributed by atoms with van der Waals surface area (Å²) in [6.45, 7) is 0. The molecular weight excluding hydrogens is 304 g/mol. The third-order valence-corrected chi connectivity index (χ3v) is 4.04. The zero-order valence-electron chi connectivity index (χ0n) is 13.8. The summed E-state index contributed by atoms with van der Waals surface area (Å²) in [5.74, 6) is 1.63. The van der Waals surface area contributed by atoms with Gasteiger partial charge in [0.05, 0.1) is 21.3 Å². The normalized spacial score (nSPS) is 10.5. The van der Waals surface area contributed by atoms with Gasteiger partial charge in [-0.2, -0.15) is 0 Å². The lowest BCUT2D eigenvalue weighted by atomic mass is 9.93. The topological polar surface area (TPSA) is 44.8 Å². The molecule has 0 unspecified atom stereocenters. The molecule has 0 fully saturated rings. The lowest BCUT2D eigenvalue weighted by Crippen LogP contribution is -1.97. The number of rotatable bonds is 5. The summed E-state index contributed by atoms with van der Waals surface area (Å²) < 4.78 is 16.2. The van der Waals surface area contributed by atoms with E-state index in [1.54, 1.807) is 21.3 Å². The average Bonchev–Trinajstić information content (AvgIpc) is 2.65. The summed E-state index contributed by atoms with van der Waals surface area (Å²) in [5, 5.41) is 2.06. The van der Waals surface area contributed by atoms with Gasteiger partial charge in [0.25, 0.3) is 0 Å². The molecule has 0 aliphatic carbocycles. The first-order valence-corrected chi connectivity index (χ1v) is 7.50. The highest BCUT2D eigenvalue weighted by Crippen LogP contribution is 2.43. The molecular formula is C20H18O4. The minimum absolute atomic E-state index is 0.525. The highest BCUT2D eigenvalue weighted by atomic mass is 16.5. The Labute approximate surface area is 140 Å². The molecule has 0 amide bonds. The van der Waals surface area contributed by atoms with Crippen molar-refractivity contribution in [1.82, 2.24) is 0 Å². The Balaban J connectivity index is 2.37. The Morgan fingerprint density at radius 2 is 1.50 bits per heavy atom. The minimum Gasteiger partial charge on any atom is -0.493 e.